The SMILES string of the molecule is CCCOc1cccnc1Oc1cc(N)ccc1OC. The highest BCUT2D eigenvalue weighted by molar-refractivity contribution is 5.53. The Labute approximate surface area is 118 Å². The van der Waals surface area contributed by atoms with Crippen LogP contribution in [0, 0.1) is 0 Å². The number of anilines is 1. The summed E-state index contributed by atoms with van der Waals surface area (Å²) in [6, 6.07) is 8.81. The minimum atomic E-state index is 0.393. The van der Waals surface area contributed by atoms with Crippen LogP contribution in [0.5, 0.6) is 23.1 Å². The number of nitrogens with zero attached hydrogens (tertiary/aromatic N) is 1. The van der Waals surface area contributed by atoms with Gasteiger partial charge in [0, 0.05) is 18.0 Å². The molecule has 0 unspecified atom stereocenters. The zero-order chi connectivity index (χ0) is 14.4. The summed E-state index contributed by atoms with van der Waals surface area (Å²) >= 11 is 0. The van der Waals surface area contributed by atoms with Gasteiger partial charge in [0.1, 0.15) is 0 Å². The fraction of sp³-hybridized carbons (Fsp3) is 0.267. The first-order chi connectivity index (χ1) is 9.74. The van der Waals surface area contributed by atoms with Gasteiger partial charge in [-0.2, -0.15) is 0 Å². The van der Waals surface area contributed by atoms with Crippen molar-refractivity contribution in [3.63, 3.8) is 0 Å². The quantitative estimate of drug-likeness (QED) is 0.819. The Balaban J connectivity index is 2.27. The van der Waals surface area contributed by atoms with Gasteiger partial charge < -0.3 is 19.9 Å². The summed E-state index contributed by atoms with van der Waals surface area (Å²) in [7, 11) is 1.57. The molecule has 0 amide bonds. The summed E-state index contributed by atoms with van der Waals surface area (Å²) in [4.78, 5) is 4.19. The van der Waals surface area contributed by atoms with Gasteiger partial charge in [-0.05, 0) is 30.7 Å². The minimum absolute atomic E-state index is 0.393. The zero-order valence-corrected chi connectivity index (χ0v) is 11.6. The smallest absolute Gasteiger partial charge is 0.262 e. The van der Waals surface area contributed by atoms with Gasteiger partial charge in [0.05, 0.1) is 13.7 Å². The van der Waals surface area contributed by atoms with Gasteiger partial charge in [-0.1, -0.05) is 6.92 Å². The fourth-order valence-electron chi connectivity index (χ4n) is 1.65. The molecule has 0 saturated carbocycles. The topological polar surface area (TPSA) is 66.6 Å². The van der Waals surface area contributed by atoms with Crippen LogP contribution in [-0.2, 0) is 0 Å². The second-order valence-electron chi connectivity index (χ2n) is 4.17. The molecule has 106 valence electrons. The van der Waals surface area contributed by atoms with Crippen LogP contribution in [0.4, 0.5) is 5.69 Å². The Morgan fingerprint density at radius 1 is 1.15 bits per heavy atom. The summed E-state index contributed by atoms with van der Waals surface area (Å²) in [5, 5.41) is 0. The third kappa shape index (κ3) is 3.32. The van der Waals surface area contributed by atoms with Crippen molar-refractivity contribution >= 4 is 5.69 Å². The van der Waals surface area contributed by atoms with Crippen molar-refractivity contribution in [1.29, 1.82) is 0 Å². The maximum atomic E-state index is 5.77. The predicted octanol–water partition coefficient (Wildman–Crippen LogP) is 3.25. The number of pyridine rings is 1. The van der Waals surface area contributed by atoms with E-state index in [2.05, 4.69) is 4.98 Å². The molecule has 0 spiro atoms. The number of rotatable bonds is 6. The lowest BCUT2D eigenvalue weighted by atomic mass is 10.3. The average molecular weight is 274 g/mol. The number of hydrogen-bond acceptors (Lipinski definition) is 5. The van der Waals surface area contributed by atoms with E-state index in [4.69, 9.17) is 19.9 Å². The molecule has 0 atom stereocenters. The van der Waals surface area contributed by atoms with E-state index in [0.717, 1.165) is 6.42 Å². The standard InChI is InChI=1S/C15H18N2O3/c1-3-9-19-13-5-4-8-17-15(13)20-14-10-11(16)6-7-12(14)18-2/h4-8,10H,3,9,16H2,1-2H3. The highest BCUT2D eigenvalue weighted by Gasteiger charge is 2.11. The lowest BCUT2D eigenvalue weighted by Crippen LogP contribution is -1.99. The lowest BCUT2D eigenvalue weighted by Gasteiger charge is -2.13. The molecule has 2 N–H and O–H groups in total. The number of methoxy groups -OCH3 is 1. The average Bonchev–Trinajstić information content (AvgIpc) is 2.47. The van der Waals surface area contributed by atoms with Gasteiger partial charge in [-0.15, -0.1) is 0 Å². The van der Waals surface area contributed by atoms with Crippen molar-refractivity contribution in [3.05, 3.63) is 36.5 Å². The van der Waals surface area contributed by atoms with E-state index in [1.807, 2.05) is 13.0 Å². The number of ether oxygens (including phenoxy) is 3. The Hall–Kier alpha value is -2.43. The number of benzene rings is 1. The van der Waals surface area contributed by atoms with E-state index in [0.29, 0.717) is 35.4 Å². The molecule has 0 bridgehead atoms. The molecule has 1 aromatic carbocycles. The van der Waals surface area contributed by atoms with E-state index < -0.39 is 0 Å². The third-order valence-corrected chi connectivity index (χ3v) is 2.59. The van der Waals surface area contributed by atoms with Gasteiger partial charge >= 0.3 is 0 Å². The molecule has 20 heavy (non-hydrogen) atoms. The normalized spacial score (nSPS) is 10.1. The van der Waals surface area contributed by atoms with Crippen molar-refractivity contribution in [2.75, 3.05) is 19.5 Å². The number of hydrogen-bond donors (Lipinski definition) is 1. The molecule has 2 aromatic rings. The van der Waals surface area contributed by atoms with Crippen LogP contribution in [0.25, 0.3) is 0 Å². The second kappa shape index (κ2) is 6.65. The van der Waals surface area contributed by atoms with Crippen molar-refractivity contribution < 1.29 is 14.2 Å². The molecule has 0 saturated heterocycles. The Morgan fingerprint density at radius 2 is 2.00 bits per heavy atom. The first kappa shape index (κ1) is 14.0. The summed E-state index contributed by atoms with van der Waals surface area (Å²) in [5.41, 5.74) is 6.36. The van der Waals surface area contributed by atoms with Crippen LogP contribution in [-0.4, -0.2) is 18.7 Å². The maximum Gasteiger partial charge on any atom is 0.262 e. The monoisotopic (exact) mass is 274 g/mol. The first-order valence-corrected chi connectivity index (χ1v) is 6.43. The number of nitrogen functional groups attached to an aromatic ring is 1. The van der Waals surface area contributed by atoms with Crippen molar-refractivity contribution in [1.82, 2.24) is 4.98 Å². The lowest BCUT2D eigenvalue weighted by molar-refractivity contribution is 0.294. The van der Waals surface area contributed by atoms with Crippen LogP contribution < -0.4 is 19.9 Å². The summed E-state index contributed by atoms with van der Waals surface area (Å²) in [6.07, 6.45) is 2.56. The van der Waals surface area contributed by atoms with Gasteiger partial charge in [-0.25, -0.2) is 4.98 Å². The maximum absolute atomic E-state index is 5.77. The molecular formula is C15H18N2O3. The van der Waals surface area contributed by atoms with Crippen LogP contribution in [0.2, 0.25) is 0 Å². The van der Waals surface area contributed by atoms with Crippen LogP contribution in [0.3, 0.4) is 0 Å². The number of aromatic nitrogens is 1. The third-order valence-electron chi connectivity index (χ3n) is 2.59. The van der Waals surface area contributed by atoms with Crippen LogP contribution >= 0.6 is 0 Å². The molecule has 0 radical (unpaired) electrons. The van der Waals surface area contributed by atoms with Crippen molar-refractivity contribution in [2.45, 2.75) is 13.3 Å². The van der Waals surface area contributed by atoms with E-state index >= 15 is 0 Å². The first-order valence-electron chi connectivity index (χ1n) is 6.43. The summed E-state index contributed by atoms with van der Waals surface area (Å²) in [6.45, 7) is 2.65. The van der Waals surface area contributed by atoms with Gasteiger partial charge in [-0.3, -0.25) is 0 Å². The molecule has 1 aromatic heterocycles. The largest absolute Gasteiger partial charge is 0.493 e. The molecule has 5 heteroatoms. The second-order valence-corrected chi connectivity index (χ2v) is 4.17. The fourth-order valence-corrected chi connectivity index (χ4v) is 1.65. The van der Waals surface area contributed by atoms with Gasteiger partial charge in [0.25, 0.3) is 5.88 Å². The van der Waals surface area contributed by atoms with E-state index in [1.54, 1.807) is 37.6 Å². The van der Waals surface area contributed by atoms with Gasteiger partial charge in [0.15, 0.2) is 17.2 Å². The minimum Gasteiger partial charge on any atom is -0.493 e. The molecule has 0 aliphatic carbocycles. The summed E-state index contributed by atoms with van der Waals surface area (Å²) < 4.78 is 16.6. The molecule has 0 aliphatic rings. The van der Waals surface area contributed by atoms with Crippen molar-refractivity contribution in [3.8, 4) is 23.1 Å². The highest BCUT2D eigenvalue weighted by atomic mass is 16.5. The van der Waals surface area contributed by atoms with Crippen LogP contribution in [0.15, 0.2) is 36.5 Å². The van der Waals surface area contributed by atoms with Gasteiger partial charge in [0.2, 0.25) is 0 Å². The molecule has 0 aliphatic heterocycles. The molecular weight excluding hydrogens is 256 g/mol. The van der Waals surface area contributed by atoms with E-state index in [9.17, 15) is 0 Å². The molecule has 5 nitrogen and oxygen atoms in total. The number of nitrogens with two attached hydrogens (primary N) is 1. The molecule has 1 heterocycles. The van der Waals surface area contributed by atoms with Crippen molar-refractivity contribution in [2.24, 2.45) is 0 Å². The molecule has 2 rings (SSSR count). The highest BCUT2D eigenvalue weighted by Crippen LogP contribution is 2.35. The van der Waals surface area contributed by atoms with Crippen LogP contribution in [0.1, 0.15) is 13.3 Å². The summed E-state index contributed by atoms with van der Waals surface area (Å²) in [5.74, 6) is 2.09. The Bertz CT molecular complexity index is 573. The predicted molar refractivity (Wildman–Crippen MR) is 77.5 cm³/mol. The van der Waals surface area contributed by atoms with E-state index in [-0.39, 0.29) is 0 Å². The molecule has 0 fully saturated rings. The Kier molecular flexibility index (Phi) is 4.65. The zero-order valence-electron chi connectivity index (χ0n) is 11.6. The van der Waals surface area contributed by atoms with E-state index in [1.165, 1.54) is 0 Å². The Morgan fingerprint density at radius 3 is 2.75 bits per heavy atom.